The molecule has 0 spiro atoms. The Kier molecular flexibility index (Phi) is 2.53. The van der Waals surface area contributed by atoms with Crippen LogP contribution in [0.3, 0.4) is 0 Å². The van der Waals surface area contributed by atoms with Crippen LogP contribution in [0.15, 0.2) is 6.07 Å². The summed E-state index contributed by atoms with van der Waals surface area (Å²) < 4.78 is 0. The lowest BCUT2D eigenvalue weighted by Gasteiger charge is -2.09. The van der Waals surface area contributed by atoms with Crippen molar-refractivity contribution >= 4 is 11.5 Å². The second-order valence-electron chi connectivity index (χ2n) is 2.87. The van der Waals surface area contributed by atoms with Crippen molar-refractivity contribution in [2.45, 2.75) is 20.8 Å². The summed E-state index contributed by atoms with van der Waals surface area (Å²) in [6.45, 7) is 6.83. The summed E-state index contributed by atoms with van der Waals surface area (Å²) in [7, 11) is 0. The molecule has 3 N–H and O–H groups in total. The monoisotopic (exact) mass is 165 g/mol. The number of anilines is 2. The van der Waals surface area contributed by atoms with Gasteiger partial charge >= 0.3 is 0 Å². The summed E-state index contributed by atoms with van der Waals surface area (Å²) in [5.41, 5.74) is 8.64. The number of rotatable bonds is 2. The van der Waals surface area contributed by atoms with E-state index >= 15 is 0 Å². The van der Waals surface area contributed by atoms with E-state index in [1.807, 2.05) is 26.8 Å². The molecule has 0 saturated heterocycles. The Bertz CT molecular complexity index is 281. The molecule has 1 aromatic rings. The summed E-state index contributed by atoms with van der Waals surface area (Å²) in [5, 5.41) is 3.12. The normalized spacial score (nSPS) is 9.92. The third-order valence-corrected chi connectivity index (χ3v) is 1.74. The molecule has 1 aromatic heterocycles. The van der Waals surface area contributed by atoms with Crippen molar-refractivity contribution in [2.75, 3.05) is 17.6 Å². The first-order valence-corrected chi connectivity index (χ1v) is 4.12. The first kappa shape index (κ1) is 8.84. The highest BCUT2D eigenvalue weighted by Gasteiger charge is 2.02. The Hall–Kier alpha value is -1.25. The molecule has 66 valence electrons. The zero-order chi connectivity index (χ0) is 9.14. The lowest BCUT2D eigenvalue weighted by Crippen LogP contribution is -2.05. The van der Waals surface area contributed by atoms with Gasteiger partial charge in [-0.3, -0.25) is 0 Å². The van der Waals surface area contributed by atoms with Crippen LogP contribution in [0, 0.1) is 13.8 Å². The number of nitrogens with two attached hydrogens (primary N) is 1. The molecule has 1 rings (SSSR count). The van der Waals surface area contributed by atoms with Gasteiger partial charge in [0.2, 0.25) is 0 Å². The van der Waals surface area contributed by atoms with Crippen LogP contribution in [0.1, 0.15) is 18.2 Å². The Morgan fingerprint density at radius 1 is 1.50 bits per heavy atom. The maximum Gasteiger partial charge on any atom is 0.149 e. The van der Waals surface area contributed by atoms with Gasteiger partial charge in [0.05, 0.1) is 5.69 Å². The summed E-state index contributed by atoms with van der Waals surface area (Å²) in [6.07, 6.45) is 0. The lowest BCUT2D eigenvalue weighted by molar-refractivity contribution is 1.12. The van der Waals surface area contributed by atoms with E-state index in [0.29, 0.717) is 0 Å². The van der Waals surface area contributed by atoms with Crippen LogP contribution in [0.4, 0.5) is 11.5 Å². The average Bonchev–Trinajstić information content (AvgIpc) is 2.00. The number of nitrogen functional groups attached to an aromatic ring is 1. The van der Waals surface area contributed by atoms with Gasteiger partial charge in [-0.05, 0) is 32.4 Å². The van der Waals surface area contributed by atoms with E-state index in [1.165, 1.54) is 0 Å². The third-order valence-electron chi connectivity index (χ3n) is 1.74. The van der Waals surface area contributed by atoms with E-state index in [0.717, 1.165) is 29.3 Å². The predicted molar refractivity (Wildman–Crippen MR) is 52.3 cm³/mol. The molecule has 0 bridgehead atoms. The first-order valence-electron chi connectivity index (χ1n) is 4.12. The summed E-state index contributed by atoms with van der Waals surface area (Å²) in [6, 6.07) is 1.98. The van der Waals surface area contributed by atoms with Crippen LogP contribution < -0.4 is 11.1 Å². The molecule has 3 nitrogen and oxygen atoms in total. The van der Waals surface area contributed by atoms with Crippen LogP contribution in [-0.4, -0.2) is 11.5 Å². The van der Waals surface area contributed by atoms with Gasteiger partial charge in [-0.1, -0.05) is 0 Å². The van der Waals surface area contributed by atoms with E-state index in [-0.39, 0.29) is 0 Å². The van der Waals surface area contributed by atoms with Gasteiger partial charge < -0.3 is 11.1 Å². The van der Waals surface area contributed by atoms with Crippen molar-refractivity contribution in [3.8, 4) is 0 Å². The largest absolute Gasteiger partial charge is 0.396 e. The van der Waals surface area contributed by atoms with E-state index < -0.39 is 0 Å². The van der Waals surface area contributed by atoms with Gasteiger partial charge in [-0.25, -0.2) is 4.98 Å². The minimum atomic E-state index is 0.752. The number of hydrogen-bond acceptors (Lipinski definition) is 3. The highest BCUT2D eigenvalue weighted by atomic mass is 15.0. The van der Waals surface area contributed by atoms with Gasteiger partial charge in [-0.15, -0.1) is 0 Å². The molecular weight excluding hydrogens is 150 g/mol. The second-order valence-corrected chi connectivity index (χ2v) is 2.87. The highest BCUT2D eigenvalue weighted by molar-refractivity contribution is 5.65. The number of nitrogens with zero attached hydrogens (tertiary/aromatic N) is 1. The zero-order valence-corrected chi connectivity index (χ0v) is 7.81. The maximum absolute atomic E-state index is 5.81. The summed E-state index contributed by atoms with van der Waals surface area (Å²) in [5.74, 6) is 0.801. The quantitative estimate of drug-likeness (QED) is 0.701. The fourth-order valence-corrected chi connectivity index (χ4v) is 1.15. The van der Waals surface area contributed by atoms with E-state index in [9.17, 15) is 0 Å². The zero-order valence-electron chi connectivity index (χ0n) is 7.81. The van der Waals surface area contributed by atoms with Crippen molar-refractivity contribution in [3.05, 3.63) is 17.3 Å². The van der Waals surface area contributed by atoms with Crippen molar-refractivity contribution in [3.63, 3.8) is 0 Å². The van der Waals surface area contributed by atoms with Crippen LogP contribution >= 0.6 is 0 Å². The Labute approximate surface area is 73.0 Å². The van der Waals surface area contributed by atoms with Crippen molar-refractivity contribution in [1.82, 2.24) is 4.98 Å². The number of hydrogen-bond donors (Lipinski definition) is 2. The maximum atomic E-state index is 5.81. The Morgan fingerprint density at radius 2 is 2.17 bits per heavy atom. The Morgan fingerprint density at radius 3 is 2.75 bits per heavy atom. The molecule has 1 heterocycles. The molecule has 0 aliphatic heterocycles. The molecule has 0 aliphatic rings. The van der Waals surface area contributed by atoms with Crippen molar-refractivity contribution < 1.29 is 0 Å². The Balaban J connectivity index is 3.09. The third kappa shape index (κ3) is 1.67. The van der Waals surface area contributed by atoms with Crippen LogP contribution in [0.25, 0.3) is 0 Å². The standard InChI is InChI=1S/C9H15N3/c1-4-11-9-8(10)6(2)5-7(3)12-9/h5H,4,10H2,1-3H3,(H,11,12). The molecule has 12 heavy (non-hydrogen) atoms. The van der Waals surface area contributed by atoms with Crippen LogP contribution in [-0.2, 0) is 0 Å². The van der Waals surface area contributed by atoms with Gasteiger partial charge in [0.15, 0.2) is 0 Å². The first-order chi connectivity index (χ1) is 5.65. The van der Waals surface area contributed by atoms with E-state index in [4.69, 9.17) is 5.73 Å². The number of aryl methyl sites for hydroxylation is 2. The molecule has 0 aliphatic carbocycles. The number of aromatic nitrogens is 1. The minimum absolute atomic E-state index is 0.752. The fraction of sp³-hybridized carbons (Fsp3) is 0.444. The molecule has 0 amide bonds. The fourth-order valence-electron chi connectivity index (χ4n) is 1.15. The molecule has 0 aromatic carbocycles. The van der Waals surface area contributed by atoms with Crippen LogP contribution in [0.5, 0.6) is 0 Å². The second kappa shape index (κ2) is 3.43. The average molecular weight is 165 g/mol. The molecule has 0 unspecified atom stereocenters. The highest BCUT2D eigenvalue weighted by Crippen LogP contribution is 2.20. The van der Waals surface area contributed by atoms with Gasteiger partial charge in [-0.2, -0.15) is 0 Å². The number of pyridine rings is 1. The van der Waals surface area contributed by atoms with E-state index in [2.05, 4.69) is 10.3 Å². The molecule has 3 heteroatoms. The van der Waals surface area contributed by atoms with Gasteiger partial charge in [0, 0.05) is 12.2 Å². The molecule has 0 fully saturated rings. The minimum Gasteiger partial charge on any atom is -0.396 e. The van der Waals surface area contributed by atoms with E-state index in [1.54, 1.807) is 0 Å². The molecular formula is C9H15N3. The molecule has 0 saturated carbocycles. The summed E-state index contributed by atoms with van der Waals surface area (Å²) in [4.78, 5) is 4.29. The van der Waals surface area contributed by atoms with Crippen LogP contribution in [0.2, 0.25) is 0 Å². The van der Waals surface area contributed by atoms with Crippen molar-refractivity contribution in [2.24, 2.45) is 0 Å². The van der Waals surface area contributed by atoms with Gasteiger partial charge in [0.25, 0.3) is 0 Å². The number of nitrogens with one attached hydrogen (secondary N) is 1. The molecule has 0 radical (unpaired) electrons. The summed E-state index contributed by atoms with van der Waals surface area (Å²) >= 11 is 0. The smallest absolute Gasteiger partial charge is 0.149 e. The lowest BCUT2D eigenvalue weighted by atomic mass is 10.2. The van der Waals surface area contributed by atoms with Gasteiger partial charge in [0.1, 0.15) is 5.82 Å². The van der Waals surface area contributed by atoms with Crippen molar-refractivity contribution in [1.29, 1.82) is 0 Å². The predicted octanol–water partition coefficient (Wildman–Crippen LogP) is 1.71. The topological polar surface area (TPSA) is 50.9 Å². The SMILES string of the molecule is CCNc1nc(C)cc(C)c1N. The molecule has 0 atom stereocenters.